The number of halogens is 1. The van der Waals surface area contributed by atoms with Gasteiger partial charge in [0.05, 0.1) is 0 Å². The van der Waals surface area contributed by atoms with Crippen LogP contribution in [-0.2, 0) is 6.54 Å². The smallest absolute Gasteiger partial charge is 0.231 e. The molecule has 0 saturated heterocycles. The van der Waals surface area contributed by atoms with Crippen LogP contribution in [-0.4, -0.2) is 6.79 Å². The van der Waals surface area contributed by atoms with Gasteiger partial charge >= 0.3 is 0 Å². The molecule has 4 heteroatoms. The molecule has 1 heterocycles. The van der Waals surface area contributed by atoms with Gasteiger partial charge in [-0.3, -0.25) is 0 Å². The maximum Gasteiger partial charge on any atom is 0.231 e. The standard InChI is InChI=1S/C14H12BrNO2/c15-11-4-2-5-12(7-11)16-8-10-3-1-6-13-14(10)18-9-17-13/h1-7,16H,8-9H2. The van der Waals surface area contributed by atoms with Crippen LogP contribution in [0.5, 0.6) is 11.5 Å². The summed E-state index contributed by atoms with van der Waals surface area (Å²) < 4.78 is 11.9. The van der Waals surface area contributed by atoms with E-state index < -0.39 is 0 Å². The van der Waals surface area contributed by atoms with Crippen molar-refractivity contribution in [3.05, 3.63) is 52.5 Å². The molecular formula is C14H12BrNO2. The minimum atomic E-state index is 0.309. The summed E-state index contributed by atoms with van der Waals surface area (Å²) in [6.45, 7) is 1.02. The molecule has 0 aromatic heterocycles. The topological polar surface area (TPSA) is 30.5 Å². The van der Waals surface area contributed by atoms with Gasteiger partial charge in [-0.05, 0) is 24.3 Å². The van der Waals surface area contributed by atoms with E-state index in [9.17, 15) is 0 Å². The summed E-state index contributed by atoms with van der Waals surface area (Å²) in [5.41, 5.74) is 2.17. The predicted molar refractivity (Wildman–Crippen MR) is 74.0 cm³/mol. The molecule has 3 nitrogen and oxygen atoms in total. The summed E-state index contributed by atoms with van der Waals surface area (Å²) in [7, 11) is 0. The van der Waals surface area contributed by atoms with Crippen LogP contribution in [0, 0.1) is 0 Å². The third kappa shape index (κ3) is 2.29. The summed E-state index contributed by atoms with van der Waals surface area (Å²) in [4.78, 5) is 0. The van der Waals surface area contributed by atoms with E-state index in [1.165, 1.54) is 0 Å². The van der Waals surface area contributed by atoms with Gasteiger partial charge in [-0.25, -0.2) is 0 Å². The quantitative estimate of drug-likeness (QED) is 0.936. The normalized spacial score (nSPS) is 12.5. The Hall–Kier alpha value is -1.68. The molecule has 0 fully saturated rings. The van der Waals surface area contributed by atoms with Crippen molar-refractivity contribution in [1.29, 1.82) is 0 Å². The summed E-state index contributed by atoms with van der Waals surface area (Å²) in [5.74, 6) is 1.67. The maximum absolute atomic E-state index is 5.47. The first-order valence-corrected chi connectivity index (χ1v) is 6.49. The van der Waals surface area contributed by atoms with Gasteiger partial charge in [-0.2, -0.15) is 0 Å². The summed E-state index contributed by atoms with van der Waals surface area (Å²) in [6, 6.07) is 14.0. The fourth-order valence-corrected chi connectivity index (χ4v) is 2.32. The average molecular weight is 306 g/mol. The Bertz CT molecular complexity index is 571. The fraction of sp³-hybridized carbons (Fsp3) is 0.143. The van der Waals surface area contributed by atoms with E-state index in [0.717, 1.165) is 27.2 Å². The van der Waals surface area contributed by atoms with Gasteiger partial charge in [0.25, 0.3) is 0 Å². The number of hydrogen-bond donors (Lipinski definition) is 1. The first kappa shape index (κ1) is 11.4. The zero-order chi connectivity index (χ0) is 12.4. The molecule has 0 spiro atoms. The lowest BCUT2D eigenvalue weighted by molar-refractivity contribution is 0.173. The van der Waals surface area contributed by atoms with Gasteiger partial charge < -0.3 is 14.8 Å². The highest BCUT2D eigenvalue weighted by Crippen LogP contribution is 2.35. The number of anilines is 1. The molecule has 0 radical (unpaired) electrons. The molecule has 0 aliphatic carbocycles. The van der Waals surface area contributed by atoms with Gasteiger partial charge in [-0.15, -0.1) is 0 Å². The van der Waals surface area contributed by atoms with Crippen LogP contribution >= 0.6 is 15.9 Å². The first-order valence-electron chi connectivity index (χ1n) is 5.70. The lowest BCUT2D eigenvalue weighted by Gasteiger charge is -2.09. The van der Waals surface area contributed by atoms with Crippen LogP contribution in [0.25, 0.3) is 0 Å². The summed E-state index contributed by atoms with van der Waals surface area (Å²) in [5, 5.41) is 3.37. The van der Waals surface area contributed by atoms with E-state index in [-0.39, 0.29) is 0 Å². The SMILES string of the molecule is Brc1cccc(NCc2cccc3c2OCO3)c1. The Morgan fingerprint density at radius 3 is 2.89 bits per heavy atom. The van der Waals surface area contributed by atoms with E-state index in [4.69, 9.17) is 9.47 Å². The second kappa shape index (κ2) is 4.90. The lowest BCUT2D eigenvalue weighted by Crippen LogP contribution is -2.01. The molecule has 0 atom stereocenters. The van der Waals surface area contributed by atoms with Gasteiger partial charge in [-0.1, -0.05) is 34.1 Å². The maximum atomic E-state index is 5.47. The molecule has 1 aliphatic rings. The Balaban J connectivity index is 1.76. The van der Waals surface area contributed by atoms with Crippen LogP contribution in [0.1, 0.15) is 5.56 Å². The molecule has 2 aromatic rings. The number of hydrogen-bond acceptors (Lipinski definition) is 3. The van der Waals surface area contributed by atoms with Gasteiger partial charge in [0, 0.05) is 22.3 Å². The Morgan fingerprint density at radius 1 is 1.11 bits per heavy atom. The number of para-hydroxylation sites is 1. The third-order valence-electron chi connectivity index (χ3n) is 2.79. The summed E-state index contributed by atoms with van der Waals surface area (Å²) in [6.07, 6.45) is 0. The van der Waals surface area contributed by atoms with Gasteiger partial charge in [0.2, 0.25) is 6.79 Å². The molecule has 1 N–H and O–H groups in total. The number of nitrogens with one attached hydrogen (secondary N) is 1. The van der Waals surface area contributed by atoms with Crippen molar-refractivity contribution in [2.75, 3.05) is 12.1 Å². The largest absolute Gasteiger partial charge is 0.454 e. The van der Waals surface area contributed by atoms with Crippen molar-refractivity contribution in [3.8, 4) is 11.5 Å². The zero-order valence-electron chi connectivity index (χ0n) is 9.65. The van der Waals surface area contributed by atoms with Crippen LogP contribution < -0.4 is 14.8 Å². The highest BCUT2D eigenvalue weighted by molar-refractivity contribution is 9.10. The van der Waals surface area contributed by atoms with E-state index in [0.29, 0.717) is 13.3 Å². The lowest BCUT2D eigenvalue weighted by atomic mass is 10.2. The monoisotopic (exact) mass is 305 g/mol. The average Bonchev–Trinajstić information content (AvgIpc) is 2.85. The highest BCUT2D eigenvalue weighted by atomic mass is 79.9. The zero-order valence-corrected chi connectivity index (χ0v) is 11.2. The van der Waals surface area contributed by atoms with Crippen molar-refractivity contribution in [2.24, 2.45) is 0 Å². The molecule has 0 amide bonds. The Kier molecular flexibility index (Phi) is 3.11. The molecule has 1 aliphatic heterocycles. The molecular weight excluding hydrogens is 294 g/mol. The second-order valence-electron chi connectivity index (χ2n) is 4.01. The van der Waals surface area contributed by atoms with Crippen molar-refractivity contribution >= 4 is 21.6 Å². The van der Waals surface area contributed by atoms with Crippen molar-refractivity contribution in [2.45, 2.75) is 6.54 Å². The van der Waals surface area contributed by atoms with E-state index in [1.807, 2.05) is 42.5 Å². The first-order chi connectivity index (χ1) is 8.83. The van der Waals surface area contributed by atoms with Crippen LogP contribution in [0.2, 0.25) is 0 Å². The molecule has 0 unspecified atom stereocenters. The van der Waals surface area contributed by atoms with Gasteiger partial charge in [0.15, 0.2) is 11.5 Å². The molecule has 0 saturated carbocycles. The minimum absolute atomic E-state index is 0.309. The van der Waals surface area contributed by atoms with Crippen LogP contribution in [0.15, 0.2) is 46.9 Å². The minimum Gasteiger partial charge on any atom is -0.454 e. The summed E-state index contributed by atoms with van der Waals surface area (Å²) >= 11 is 3.45. The van der Waals surface area contributed by atoms with Crippen molar-refractivity contribution in [1.82, 2.24) is 0 Å². The highest BCUT2D eigenvalue weighted by Gasteiger charge is 2.16. The molecule has 0 bridgehead atoms. The van der Waals surface area contributed by atoms with E-state index in [1.54, 1.807) is 0 Å². The second-order valence-corrected chi connectivity index (χ2v) is 4.93. The number of benzene rings is 2. The Morgan fingerprint density at radius 2 is 2.00 bits per heavy atom. The number of fused-ring (bicyclic) bond motifs is 1. The van der Waals surface area contributed by atoms with E-state index in [2.05, 4.69) is 21.2 Å². The van der Waals surface area contributed by atoms with E-state index >= 15 is 0 Å². The van der Waals surface area contributed by atoms with Crippen LogP contribution in [0.3, 0.4) is 0 Å². The number of rotatable bonds is 3. The molecule has 3 rings (SSSR count). The molecule has 2 aromatic carbocycles. The van der Waals surface area contributed by atoms with Gasteiger partial charge in [0.1, 0.15) is 0 Å². The number of ether oxygens (including phenoxy) is 2. The predicted octanol–water partition coefficient (Wildman–Crippen LogP) is 3.79. The Labute approximate surface area is 114 Å². The molecule has 18 heavy (non-hydrogen) atoms. The molecule has 92 valence electrons. The fourth-order valence-electron chi connectivity index (χ4n) is 1.93. The van der Waals surface area contributed by atoms with Crippen LogP contribution in [0.4, 0.5) is 5.69 Å². The third-order valence-corrected chi connectivity index (χ3v) is 3.28. The van der Waals surface area contributed by atoms with Crippen molar-refractivity contribution < 1.29 is 9.47 Å². The van der Waals surface area contributed by atoms with Crippen molar-refractivity contribution in [3.63, 3.8) is 0 Å².